The Morgan fingerprint density at radius 3 is 2.95 bits per heavy atom. The number of benzene rings is 1. The van der Waals surface area contributed by atoms with E-state index in [0.29, 0.717) is 13.0 Å². The molecule has 0 aromatic heterocycles. The van der Waals surface area contributed by atoms with Crippen LogP contribution in [-0.4, -0.2) is 49.8 Å². The van der Waals surface area contributed by atoms with Crippen molar-refractivity contribution >= 4 is 0 Å². The van der Waals surface area contributed by atoms with Crippen molar-refractivity contribution in [2.45, 2.75) is 25.0 Å². The van der Waals surface area contributed by atoms with Crippen LogP contribution in [0.5, 0.6) is 5.75 Å². The molecule has 0 amide bonds. The number of nitrogens with one attached hydrogen (secondary N) is 1. The van der Waals surface area contributed by atoms with Crippen LogP contribution < -0.4 is 10.1 Å². The van der Waals surface area contributed by atoms with Gasteiger partial charge in [-0.3, -0.25) is 0 Å². The van der Waals surface area contributed by atoms with Crippen LogP contribution in [-0.2, 0) is 0 Å². The van der Waals surface area contributed by atoms with Crippen LogP contribution in [0, 0.1) is 0 Å². The van der Waals surface area contributed by atoms with Crippen LogP contribution in [0.3, 0.4) is 0 Å². The number of fused-ring (bicyclic) bond motifs is 1. The minimum Gasteiger partial charge on any atom is -0.492 e. The standard InChI is InChI=1S/C15H24N2O2/c1-17(2)9-5-8-16-12-10-14(18)13-6-3-4-7-15(13)19-11-12/h3-4,6-7,12,14,16,18H,5,8-11H2,1-2H3/t12-,14+/m0/s1. The molecular formula is C15H24N2O2. The molecule has 2 rings (SSSR count). The van der Waals surface area contributed by atoms with Crippen molar-refractivity contribution in [3.63, 3.8) is 0 Å². The van der Waals surface area contributed by atoms with E-state index >= 15 is 0 Å². The summed E-state index contributed by atoms with van der Waals surface area (Å²) in [6, 6.07) is 7.96. The van der Waals surface area contributed by atoms with Crippen molar-refractivity contribution in [1.29, 1.82) is 0 Å². The van der Waals surface area contributed by atoms with Crippen LogP contribution in [0.4, 0.5) is 0 Å². The summed E-state index contributed by atoms with van der Waals surface area (Å²) in [6.45, 7) is 2.65. The summed E-state index contributed by atoms with van der Waals surface area (Å²) in [4.78, 5) is 2.18. The maximum atomic E-state index is 10.2. The molecular weight excluding hydrogens is 240 g/mol. The van der Waals surface area contributed by atoms with Crippen LogP contribution in [0.2, 0.25) is 0 Å². The van der Waals surface area contributed by atoms with E-state index in [0.717, 1.165) is 30.8 Å². The van der Waals surface area contributed by atoms with E-state index in [2.05, 4.69) is 24.3 Å². The SMILES string of the molecule is CN(C)CCCN[C@@H]1COc2ccccc2[C@H](O)C1. The first-order valence-electron chi connectivity index (χ1n) is 6.94. The molecule has 0 bridgehead atoms. The molecule has 1 aliphatic heterocycles. The summed E-state index contributed by atoms with van der Waals surface area (Å²) < 4.78 is 5.78. The second-order valence-corrected chi connectivity index (χ2v) is 5.41. The number of aliphatic hydroxyl groups excluding tert-OH is 1. The van der Waals surface area contributed by atoms with E-state index in [1.807, 2.05) is 24.3 Å². The van der Waals surface area contributed by atoms with Gasteiger partial charge < -0.3 is 20.1 Å². The third-order valence-corrected chi connectivity index (χ3v) is 3.44. The van der Waals surface area contributed by atoms with Gasteiger partial charge in [-0.05, 0) is 46.1 Å². The minimum absolute atomic E-state index is 0.213. The highest BCUT2D eigenvalue weighted by molar-refractivity contribution is 5.35. The molecule has 106 valence electrons. The summed E-state index contributed by atoms with van der Waals surface area (Å²) in [5.74, 6) is 0.813. The molecule has 1 aliphatic rings. The monoisotopic (exact) mass is 264 g/mol. The van der Waals surface area contributed by atoms with Gasteiger partial charge in [0, 0.05) is 11.6 Å². The van der Waals surface area contributed by atoms with Gasteiger partial charge in [-0.1, -0.05) is 18.2 Å². The Balaban J connectivity index is 1.84. The second-order valence-electron chi connectivity index (χ2n) is 5.41. The van der Waals surface area contributed by atoms with Crippen molar-refractivity contribution in [3.8, 4) is 5.75 Å². The summed E-state index contributed by atoms with van der Waals surface area (Å²) in [5, 5.41) is 13.7. The van der Waals surface area contributed by atoms with Gasteiger partial charge in [-0.2, -0.15) is 0 Å². The number of para-hydroxylation sites is 1. The Labute approximate surface area is 115 Å². The lowest BCUT2D eigenvalue weighted by Gasteiger charge is -2.18. The summed E-state index contributed by atoms with van der Waals surface area (Å²) in [6.07, 6.45) is 1.37. The smallest absolute Gasteiger partial charge is 0.125 e. The Morgan fingerprint density at radius 1 is 1.37 bits per heavy atom. The van der Waals surface area contributed by atoms with Crippen molar-refractivity contribution in [2.24, 2.45) is 0 Å². The van der Waals surface area contributed by atoms with Crippen LogP contribution in [0.25, 0.3) is 0 Å². The molecule has 0 unspecified atom stereocenters. The molecule has 0 aliphatic carbocycles. The molecule has 1 aromatic carbocycles. The third kappa shape index (κ3) is 4.20. The van der Waals surface area contributed by atoms with Gasteiger partial charge in [0.2, 0.25) is 0 Å². The Kier molecular flexibility index (Phi) is 5.19. The average Bonchev–Trinajstić information content (AvgIpc) is 2.55. The number of hydrogen-bond acceptors (Lipinski definition) is 4. The average molecular weight is 264 g/mol. The van der Waals surface area contributed by atoms with Gasteiger partial charge in [0.05, 0.1) is 6.10 Å². The third-order valence-electron chi connectivity index (χ3n) is 3.44. The van der Waals surface area contributed by atoms with Gasteiger partial charge in [-0.15, -0.1) is 0 Å². The first-order valence-corrected chi connectivity index (χ1v) is 6.94. The Morgan fingerprint density at radius 2 is 2.16 bits per heavy atom. The highest BCUT2D eigenvalue weighted by Gasteiger charge is 2.23. The molecule has 0 fully saturated rings. The maximum Gasteiger partial charge on any atom is 0.125 e. The molecule has 2 atom stereocenters. The quantitative estimate of drug-likeness (QED) is 0.789. The molecule has 1 heterocycles. The van der Waals surface area contributed by atoms with E-state index in [-0.39, 0.29) is 6.04 Å². The number of nitrogens with zero attached hydrogens (tertiary/aromatic N) is 1. The van der Waals surface area contributed by atoms with E-state index in [4.69, 9.17) is 4.74 Å². The Bertz CT molecular complexity index is 395. The van der Waals surface area contributed by atoms with E-state index in [1.165, 1.54) is 0 Å². The molecule has 4 heteroatoms. The van der Waals surface area contributed by atoms with Crippen molar-refractivity contribution in [2.75, 3.05) is 33.8 Å². The molecule has 2 N–H and O–H groups in total. The maximum absolute atomic E-state index is 10.2. The topological polar surface area (TPSA) is 44.7 Å². The zero-order valence-electron chi connectivity index (χ0n) is 11.8. The molecule has 0 saturated carbocycles. The Hall–Kier alpha value is -1.10. The van der Waals surface area contributed by atoms with Gasteiger partial charge in [0.25, 0.3) is 0 Å². The highest BCUT2D eigenvalue weighted by atomic mass is 16.5. The van der Waals surface area contributed by atoms with Crippen LogP contribution >= 0.6 is 0 Å². The lowest BCUT2D eigenvalue weighted by molar-refractivity contribution is 0.151. The predicted molar refractivity (Wildman–Crippen MR) is 76.5 cm³/mol. The predicted octanol–water partition coefficient (Wildman–Crippen LogP) is 1.41. The van der Waals surface area contributed by atoms with E-state index < -0.39 is 6.10 Å². The zero-order valence-corrected chi connectivity index (χ0v) is 11.8. The molecule has 0 radical (unpaired) electrons. The van der Waals surface area contributed by atoms with Crippen LogP contribution in [0.1, 0.15) is 24.5 Å². The van der Waals surface area contributed by atoms with E-state index in [9.17, 15) is 5.11 Å². The second kappa shape index (κ2) is 6.89. The fourth-order valence-electron chi connectivity index (χ4n) is 2.39. The fraction of sp³-hybridized carbons (Fsp3) is 0.600. The number of rotatable bonds is 5. The fourth-order valence-corrected chi connectivity index (χ4v) is 2.39. The first kappa shape index (κ1) is 14.3. The summed E-state index contributed by atoms with van der Waals surface area (Å²) in [5.41, 5.74) is 0.903. The molecule has 0 saturated heterocycles. The molecule has 19 heavy (non-hydrogen) atoms. The van der Waals surface area contributed by atoms with E-state index in [1.54, 1.807) is 0 Å². The zero-order chi connectivity index (χ0) is 13.7. The number of hydrogen-bond donors (Lipinski definition) is 2. The van der Waals surface area contributed by atoms with Crippen molar-refractivity contribution < 1.29 is 9.84 Å². The molecule has 4 nitrogen and oxygen atoms in total. The molecule has 1 aromatic rings. The summed E-state index contributed by atoms with van der Waals surface area (Å²) >= 11 is 0. The van der Waals surface area contributed by atoms with Gasteiger partial charge in [0.15, 0.2) is 0 Å². The van der Waals surface area contributed by atoms with Crippen molar-refractivity contribution in [1.82, 2.24) is 10.2 Å². The largest absolute Gasteiger partial charge is 0.492 e. The number of ether oxygens (including phenoxy) is 1. The minimum atomic E-state index is -0.440. The van der Waals surface area contributed by atoms with Gasteiger partial charge >= 0.3 is 0 Å². The van der Waals surface area contributed by atoms with Gasteiger partial charge in [0.1, 0.15) is 12.4 Å². The molecule has 0 spiro atoms. The first-order chi connectivity index (χ1) is 9.16. The number of aliphatic hydroxyl groups is 1. The highest BCUT2D eigenvalue weighted by Crippen LogP contribution is 2.30. The van der Waals surface area contributed by atoms with Gasteiger partial charge in [-0.25, -0.2) is 0 Å². The van der Waals surface area contributed by atoms with Crippen molar-refractivity contribution in [3.05, 3.63) is 29.8 Å². The normalized spacial score (nSPS) is 22.7. The lowest BCUT2D eigenvalue weighted by atomic mass is 10.0. The lowest BCUT2D eigenvalue weighted by Crippen LogP contribution is -2.36. The summed E-state index contributed by atoms with van der Waals surface area (Å²) in [7, 11) is 4.16. The van der Waals surface area contributed by atoms with Crippen LogP contribution in [0.15, 0.2) is 24.3 Å².